The molecule has 2 heterocycles. The van der Waals surface area contributed by atoms with Gasteiger partial charge in [-0.05, 0) is 19.1 Å². The number of piperidine rings is 1. The molecule has 0 aromatic heterocycles. The molecule has 2 aliphatic heterocycles. The largest absolute Gasteiger partial charge is 0.338 e. The summed E-state index contributed by atoms with van der Waals surface area (Å²) in [7, 11) is -1.94. The van der Waals surface area contributed by atoms with Gasteiger partial charge in [-0.15, -0.1) is 0 Å². The molecule has 3 rings (SSSR count). The zero-order valence-electron chi connectivity index (χ0n) is 13.3. The summed E-state index contributed by atoms with van der Waals surface area (Å²) in [6.07, 6.45) is 0.546. The lowest BCUT2D eigenvalue weighted by atomic mass is 10.0. The lowest BCUT2D eigenvalue weighted by Crippen LogP contribution is -2.55. The van der Waals surface area contributed by atoms with Crippen LogP contribution in [-0.2, 0) is 14.6 Å². The van der Waals surface area contributed by atoms with E-state index in [4.69, 9.17) is 0 Å². The van der Waals surface area contributed by atoms with Gasteiger partial charge in [0.15, 0.2) is 9.84 Å². The summed E-state index contributed by atoms with van der Waals surface area (Å²) in [6, 6.07) is 7.33. The van der Waals surface area contributed by atoms with Crippen molar-refractivity contribution in [2.24, 2.45) is 0 Å². The van der Waals surface area contributed by atoms with Gasteiger partial charge < -0.3 is 9.80 Å². The molecule has 2 fully saturated rings. The number of nitrogens with zero attached hydrogens (tertiary/aromatic N) is 2. The molecule has 2 amide bonds. The first-order chi connectivity index (χ1) is 10.8. The zero-order valence-corrected chi connectivity index (χ0v) is 14.1. The second kappa shape index (κ2) is 5.33. The Morgan fingerprint density at radius 2 is 1.70 bits per heavy atom. The Morgan fingerprint density at radius 1 is 1.13 bits per heavy atom. The second-order valence-electron chi connectivity index (χ2n) is 6.32. The molecule has 1 aromatic rings. The molecule has 1 aromatic carbocycles. The fourth-order valence-electron chi connectivity index (χ4n) is 3.41. The van der Waals surface area contributed by atoms with Gasteiger partial charge in [0.05, 0.1) is 0 Å². The van der Waals surface area contributed by atoms with E-state index in [1.54, 1.807) is 24.1 Å². The Labute approximate surface area is 136 Å². The predicted octanol–water partition coefficient (Wildman–Crippen LogP) is 0.814. The van der Waals surface area contributed by atoms with Gasteiger partial charge in [0.1, 0.15) is 10.6 Å². The molecule has 0 aliphatic carbocycles. The molecule has 23 heavy (non-hydrogen) atoms. The number of aryl methyl sites for hydroxylation is 1. The molecular formula is C16H20N2O4S. The third kappa shape index (κ3) is 2.43. The van der Waals surface area contributed by atoms with Crippen LogP contribution in [0.25, 0.3) is 0 Å². The van der Waals surface area contributed by atoms with Crippen LogP contribution in [0.2, 0.25) is 0 Å². The van der Waals surface area contributed by atoms with Gasteiger partial charge in [-0.25, -0.2) is 8.42 Å². The highest BCUT2D eigenvalue weighted by Gasteiger charge is 2.57. The minimum Gasteiger partial charge on any atom is -0.338 e. The average molecular weight is 336 g/mol. The van der Waals surface area contributed by atoms with E-state index >= 15 is 0 Å². The van der Waals surface area contributed by atoms with Gasteiger partial charge in [0.25, 0.3) is 5.91 Å². The minimum absolute atomic E-state index is 0.0933. The van der Waals surface area contributed by atoms with Gasteiger partial charge in [0.2, 0.25) is 5.91 Å². The molecule has 7 heteroatoms. The van der Waals surface area contributed by atoms with E-state index in [0.29, 0.717) is 18.7 Å². The lowest BCUT2D eigenvalue weighted by Gasteiger charge is -2.41. The number of hydrogen-bond donors (Lipinski definition) is 0. The summed E-state index contributed by atoms with van der Waals surface area (Å²) in [5.41, 5.74) is 1.68. The Bertz CT molecular complexity index is 747. The van der Waals surface area contributed by atoms with Crippen LogP contribution in [0.3, 0.4) is 0 Å². The minimum atomic E-state index is -3.49. The topological polar surface area (TPSA) is 74.8 Å². The Balaban J connectivity index is 1.77. The van der Waals surface area contributed by atoms with Crippen molar-refractivity contribution in [3.8, 4) is 0 Å². The molecule has 0 bridgehead atoms. The maximum Gasteiger partial charge on any atom is 0.253 e. The average Bonchev–Trinajstić information content (AvgIpc) is 2.68. The van der Waals surface area contributed by atoms with Crippen molar-refractivity contribution >= 4 is 21.7 Å². The highest BCUT2D eigenvalue weighted by Crippen LogP contribution is 2.38. The molecule has 0 radical (unpaired) electrons. The first-order valence-corrected chi connectivity index (χ1v) is 9.27. The zero-order chi connectivity index (χ0) is 16.8. The van der Waals surface area contributed by atoms with Crippen LogP contribution < -0.4 is 0 Å². The quantitative estimate of drug-likeness (QED) is 0.761. The highest BCUT2D eigenvalue weighted by atomic mass is 32.2. The molecule has 124 valence electrons. The van der Waals surface area contributed by atoms with Crippen LogP contribution in [0, 0.1) is 6.92 Å². The maximum atomic E-state index is 12.5. The van der Waals surface area contributed by atoms with Gasteiger partial charge in [-0.3, -0.25) is 9.59 Å². The SMILES string of the molecule is Cc1ccc(C(=O)N2CCC3(CC2)N(C)C(=O)CS3(=O)=O)cc1. The Kier molecular flexibility index (Phi) is 3.71. The number of likely N-dealkylation sites (tertiary alicyclic amines) is 1. The van der Waals surface area contributed by atoms with Gasteiger partial charge in [-0.1, -0.05) is 17.7 Å². The second-order valence-corrected chi connectivity index (χ2v) is 8.59. The van der Waals surface area contributed by atoms with E-state index < -0.39 is 20.5 Å². The standard InChI is InChI=1S/C16H20N2O4S/c1-12-3-5-13(6-4-12)15(20)18-9-7-16(8-10-18)17(2)14(19)11-23(16,21)22/h3-6H,7-11H2,1-2H3. The molecular weight excluding hydrogens is 316 g/mol. The van der Waals surface area contributed by atoms with Gasteiger partial charge in [-0.2, -0.15) is 0 Å². The van der Waals surface area contributed by atoms with Crippen LogP contribution in [0.15, 0.2) is 24.3 Å². The molecule has 0 N–H and O–H groups in total. The van der Waals surface area contributed by atoms with Crippen LogP contribution in [0.1, 0.15) is 28.8 Å². The van der Waals surface area contributed by atoms with E-state index in [0.717, 1.165) is 5.56 Å². The number of carbonyl (C=O) groups excluding carboxylic acids is 2. The van der Waals surface area contributed by atoms with Crippen LogP contribution in [0.5, 0.6) is 0 Å². The molecule has 0 unspecified atom stereocenters. The number of hydrogen-bond acceptors (Lipinski definition) is 4. The van der Waals surface area contributed by atoms with Crippen molar-refractivity contribution in [3.05, 3.63) is 35.4 Å². The third-order valence-corrected chi connectivity index (χ3v) is 7.48. The fourth-order valence-corrected chi connectivity index (χ4v) is 5.53. The summed E-state index contributed by atoms with van der Waals surface area (Å²) in [5, 5.41) is 0. The van der Waals surface area contributed by atoms with Crippen LogP contribution >= 0.6 is 0 Å². The van der Waals surface area contributed by atoms with E-state index in [-0.39, 0.29) is 24.7 Å². The maximum absolute atomic E-state index is 12.5. The van der Waals surface area contributed by atoms with Crippen molar-refractivity contribution in [3.63, 3.8) is 0 Å². The van der Waals surface area contributed by atoms with E-state index in [1.807, 2.05) is 19.1 Å². The lowest BCUT2D eigenvalue weighted by molar-refractivity contribution is -0.129. The molecule has 0 atom stereocenters. The number of sulfone groups is 1. The number of rotatable bonds is 1. The highest BCUT2D eigenvalue weighted by molar-refractivity contribution is 7.93. The summed E-state index contributed by atoms with van der Waals surface area (Å²) in [6.45, 7) is 2.63. The van der Waals surface area contributed by atoms with Crippen molar-refractivity contribution in [1.29, 1.82) is 0 Å². The summed E-state index contributed by atoms with van der Waals surface area (Å²) < 4.78 is 24.8. The molecule has 2 saturated heterocycles. The summed E-state index contributed by atoms with van der Waals surface area (Å²) >= 11 is 0. The molecule has 6 nitrogen and oxygen atoms in total. The van der Waals surface area contributed by atoms with Crippen molar-refractivity contribution < 1.29 is 18.0 Å². The van der Waals surface area contributed by atoms with Crippen LogP contribution in [0.4, 0.5) is 0 Å². The Morgan fingerprint density at radius 3 is 2.17 bits per heavy atom. The molecule has 2 aliphatic rings. The first-order valence-electron chi connectivity index (χ1n) is 7.62. The third-order valence-electron chi connectivity index (χ3n) is 5.01. The van der Waals surface area contributed by atoms with Crippen molar-refractivity contribution in [2.75, 3.05) is 25.9 Å². The first kappa shape index (κ1) is 16.0. The summed E-state index contributed by atoms with van der Waals surface area (Å²) in [5.74, 6) is -0.873. The molecule has 1 spiro atoms. The van der Waals surface area contributed by atoms with E-state index in [9.17, 15) is 18.0 Å². The van der Waals surface area contributed by atoms with Crippen molar-refractivity contribution in [1.82, 2.24) is 9.80 Å². The smallest absolute Gasteiger partial charge is 0.253 e. The number of carbonyl (C=O) groups is 2. The van der Waals surface area contributed by atoms with E-state index in [2.05, 4.69) is 0 Å². The number of amides is 2. The predicted molar refractivity (Wildman–Crippen MR) is 85.6 cm³/mol. The summed E-state index contributed by atoms with van der Waals surface area (Å²) in [4.78, 5) is 26.2. The van der Waals surface area contributed by atoms with E-state index in [1.165, 1.54) is 4.90 Å². The normalized spacial score (nSPS) is 22.6. The van der Waals surface area contributed by atoms with Crippen LogP contribution in [-0.4, -0.2) is 60.8 Å². The van der Waals surface area contributed by atoms with Gasteiger partial charge >= 0.3 is 0 Å². The number of benzene rings is 1. The van der Waals surface area contributed by atoms with Gasteiger partial charge in [0, 0.05) is 38.5 Å². The fraction of sp³-hybridized carbons (Fsp3) is 0.500. The monoisotopic (exact) mass is 336 g/mol. The Hall–Kier alpha value is -1.89. The molecule has 0 saturated carbocycles. The van der Waals surface area contributed by atoms with Crippen molar-refractivity contribution in [2.45, 2.75) is 24.6 Å².